The summed E-state index contributed by atoms with van der Waals surface area (Å²) in [5, 5.41) is 1.33. The Hall–Kier alpha value is -2.02. The highest BCUT2D eigenvalue weighted by atomic mass is 14.7. The van der Waals surface area contributed by atoms with E-state index in [-0.39, 0.29) is 5.41 Å². The second kappa shape index (κ2) is 4.82. The van der Waals surface area contributed by atoms with Gasteiger partial charge in [-0.25, -0.2) is 0 Å². The Balaban J connectivity index is 2.20. The Kier molecular flexibility index (Phi) is 3.13. The van der Waals surface area contributed by atoms with Crippen molar-refractivity contribution in [2.24, 2.45) is 5.41 Å². The summed E-state index contributed by atoms with van der Waals surface area (Å²) in [6, 6.07) is 19.4. The van der Waals surface area contributed by atoms with E-state index in [0.29, 0.717) is 5.92 Å². The molecule has 0 bridgehead atoms. The van der Waals surface area contributed by atoms with E-state index in [9.17, 15) is 0 Å². The second-order valence-electron chi connectivity index (χ2n) is 6.50. The van der Waals surface area contributed by atoms with Crippen LogP contribution in [0.5, 0.6) is 0 Å². The van der Waals surface area contributed by atoms with Gasteiger partial charge in [-0.3, -0.25) is 0 Å². The summed E-state index contributed by atoms with van der Waals surface area (Å²) in [5.74, 6) is 0.389. The number of aromatic amines is 1. The number of para-hydroxylation sites is 1. The van der Waals surface area contributed by atoms with Crippen molar-refractivity contribution in [3.8, 4) is 0 Å². The maximum atomic E-state index is 3.41. The Bertz CT molecular complexity index is 701. The summed E-state index contributed by atoms with van der Waals surface area (Å²) in [6.07, 6.45) is 2.17. The predicted octanol–water partition coefficient (Wildman–Crippen LogP) is 5.35. The first-order chi connectivity index (χ1) is 9.57. The smallest absolute Gasteiger partial charge is 0.0457 e. The number of hydrogen-bond donors (Lipinski definition) is 1. The molecular weight excluding hydrogens is 242 g/mol. The molecule has 0 aliphatic heterocycles. The summed E-state index contributed by atoms with van der Waals surface area (Å²) >= 11 is 0. The van der Waals surface area contributed by atoms with Crippen molar-refractivity contribution in [3.05, 3.63) is 71.9 Å². The third-order valence-corrected chi connectivity index (χ3v) is 3.93. The van der Waals surface area contributed by atoms with Gasteiger partial charge in [0.05, 0.1) is 0 Å². The molecule has 102 valence electrons. The van der Waals surface area contributed by atoms with Crippen LogP contribution < -0.4 is 0 Å². The topological polar surface area (TPSA) is 15.8 Å². The van der Waals surface area contributed by atoms with E-state index in [0.717, 1.165) is 0 Å². The molecule has 1 nitrogen and oxygen atoms in total. The molecule has 0 radical (unpaired) electrons. The molecule has 1 heteroatoms. The van der Waals surface area contributed by atoms with Crippen molar-refractivity contribution in [1.82, 2.24) is 4.98 Å². The van der Waals surface area contributed by atoms with Gasteiger partial charge in [0.25, 0.3) is 0 Å². The lowest BCUT2D eigenvalue weighted by Gasteiger charge is -2.31. The number of rotatable bonds is 2. The average Bonchev–Trinajstić information content (AvgIpc) is 2.83. The van der Waals surface area contributed by atoms with Gasteiger partial charge in [0, 0.05) is 23.0 Å². The number of H-pyrrole nitrogens is 1. The maximum absolute atomic E-state index is 3.41. The molecule has 3 rings (SSSR count). The Labute approximate surface area is 120 Å². The van der Waals surface area contributed by atoms with Gasteiger partial charge in [-0.2, -0.15) is 0 Å². The number of benzene rings is 2. The van der Waals surface area contributed by atoms with Gasteiger partial charge in [-0.1, -0.05) is 69.3 Å². The van der Waals surface area contributed by atoms with Gasteiger partial charge < -0.3 is 4.98 Å². The van der Waals surface area contributed by atoms with Crippen LogP contribution in [0.2, 0.25) is 0 Å². The molecular formula is C19H21N. The van der Waals surface area contributed by atoms with Crippen LogP contribution in [0.15, 0.2) is 60.8 Å². The number of nitrogens with one attached hydrogen (secondary N) is 1. The number of hydrogen-bond acceptors (Lipinski definition) is 0. The molecule has 0 amide bonds. The second-order valence-corrected chi connectivity index (χ2v) is 6.50. The zero-order valence-corrected chi connectivity index (χ0v) is 12.4. The molecule has 1 unspecified atom stereocenters. The Morgan fingerprint density at radius 2 is 1.50 bits per heavy atom. The third kappa shape index (κ3) is 2.24. The minimum absolute atomic E-state index is 0.173. The zero-order chi connectivity index (χ0) is 14.2. The molecule has 1 heterocycles. The van der Waals surface area contributed by atoms with Gasteiger partial charge in [0.1, 0.15) is 0 Å². The van der Waals surface area contributed by atoms with Crippen molar-refractivity contribution in [2.75, 3.05) is 0 Å². The molecule has 0 saturated heterocycles. The predicted molar refractivity (Wildman–Crippen MR) is 86.0 cm³/mol. The minimum atomic E-state index is 0.173. The summed E-state index contributed by atoms with van der Waals surface area (Å²) in [7, 11) is 0. The van der Waals surface area contributed by atoms with Gasteiger partial charge in [0.2, 0.25) is 0 Å². The quantitative estimate of drug-likeness (QED) is 0.642. The summed E-state index contributed by atoms with van der Waals surface area (Å²) in [6.45, 7) is 6.94. The van der Waals surface area contributed by atoms with Crippen molar-refractivity contribution >= 4 is 10.9 Å². The van der Waals surface area contributed by atoms with Gasteiger partial charge >= 0.3 is 0 Å². The highest BCUT2D eigenvalue weighted by Crippen LogP contribution is 2.42. The minimum Gasteiger partial charge on any atom is -0.361 e. The monoisotopic (exact) mass is 263 g/mol. The van der Waals surface area contributed by atoms with E-state index in [2.05, 4.69) is 86.5 Å². The molecule has 1 N–H and O–H groups in total. The van der Waals surface area contributed by atoms with Crippen LogP contribution in [0.25, 0.3) is 10.9 Å². The molecule has 2 aromatic carbocycles. The first kappa shape index (κ1) is 13.0. The highest BCUT2D eigenvalue weighted by Gasteiger charge is 2.29. The summed E-state index contributed by atoms with van der Waals surface area (Å²) in [5.41, 5.74) is 4.16. The van der Waals surface area contributed by atoms with Crippen LogP contribution in [0.3, 0.4) is 0 Å². The number of fused-ring (bicyclic) bond motifs is 1. The molecule has 0 fully saturated rings. The lowest BCUT2D eigenvalue weighted by molar-refractivity contribution is 0.360. The fraction of sp³-hybridized carbons (Fsp3) is 0.263. The van der Waals surface area contributed by atoms with E-state index < -0.39 is 0 Å². The highest BCUT2D eigenvalue weighted by molar-refractivity contribution is 5.84. The standard InChI is InChI=1S/C19H21N/c1-19(2,3)18(14-9-5-4-6-10-14)16-13-20-17-12-8-7-11-15(16)17/h4-13,18,20H,1-3H3. The third-order valence-electron chi connectivity index (χ3n) is 3.93. The normalized spacial score (nSPS) is 13.6. The van der Waals surface area contributed by atoms with Crippen LogP contribution in [0.1, 0.15) is 37.8 Å². The van der Waals surface area contributed by atoms with E-state index in [1.165, 1.54) is 22.0 Å². The lowest BCUT2D eigenvalue weighted by atomic mass is 9.72. The maximum Gasteiger partial charge on any atom is 0.0457 e. The first-order valence-electron chi connectivity index (χ1n) is 7.18. The van der Waals surface area contributed by atoms with Crippen LogP contribution >= 0.6 is 0 Å². The summed E-state index contributed by atoms with van der Waals surface area (Å²) < 4.78 is 0. The largest absolute Gasteiger partial charge is 0.361 e. The zero-order valence-electron chi connectivity index (χ0n) is 12.4. The first-order valence-corrected chi connectivity index (χ1v) is 7.18. The van der Waals surface area contributed by atoms with Crippen molar-refractivity contribution in [1.29, 1.82) is 0 Å². The van der Waals surface area contributed by atoms with Crippen molar-refractivity contribution < 1.29 is 0 Å². The van der Waals surface area contributed by atoms with Gasteiger partial charge in [-0.05, 0) is 22.6 Å². The molecule has 0 saturated carbocycles. The van der Waals surface area contributed by atoms with E-state index in [4.69, 9.17) is 0 Å². The van der Waals surface area contributed by atoms with E-state index in [1.54, 1.807) is 0 Å². The molecule has 1 atom stereocenters. The van der Waals surface area contributed by atoms with Crippen LogP contribution in [-0.2, 0) is 0 Å². The molecule has 20 heavy (non-hydrogen) atoms. The van der Waals surface area contributed by atoms with Gasteiger partial charge in [-0.15, -0.1) is 0 Å². The lowest BCUT2D eigenvalue weighted by Crippen LogP contribution is -2.19. The fourth-order valence-corrected chi connectivity index (χ4v) is 3.12. The number of aromatic nitrogens is 1. The fourth-order valence-electron chi connectivity index (χ4n) is 3.12. The Morgan fingerprint density at radius 3 is 2.20 bits per heavy atom. The molecule has 0 aliphatic carbocycles. The van der Waals surface area contributed by atoms with Crippen LogP contribution in [0.4, 0.5) is 0 Å². The molecule has 0 aliphatic rings. The molecule has 0 spiro atoms. The van der Waals surface area contributed by atoms with Crippen LogP contribution in [-0.4, -0.2) is 4.98 Å². The average molecular weight is 263 g/mol. The SMILES string of the molecule is CC(C)(C)C(c1ccccc1)c1c[nH]c2ccccc12. The van der Waals surface area contributed by atoms with E-state index in [1.807, 2.05) is 0 Å². The molecule has 3 aromatic rings. The van der Waals surface area contributed by atoms with Crippen molar-refractivity contribution in [2.45, 2.75) is 26.7 Å². The van der Waals surface area contributed by atoms with Crippen molar-refractivity contribution in [3.63, 3.8) is 0 Å². The summed E-state index contributed by atoms with van der Waals surface area (Å²) in [4.78, 5) is 3.41. The van der Waals surface area contributed by atoms with Gasteiger partial charge in [0.15, 0.2) is 0 Å². The van der Waals surface area contributed by atoms with Crippen LogP contribution in [0, 0.1) is 5.41 Å². The molecule has 1 aromatic heterocycles. The van der Waals surface area contributed by atoms with E-state index >= 15 is 0 Å². The Morgan fingerprint density at radius 1 is 0.850 bits per heavy atom.